The van der Waals surface area contributed by atoms with Crippen molar-refractivity contribution in [3.63, 3.8) is 0 Å². The highest BCUT2D eigenvalue weighted by Gasteiger charge is 2.25. The highest BCUT2D eigenvalue weighted by Crippen LogP contribution is 2.24. The number of benzene rings is 1. The Kier molecular flexibility index (Phi) is 5.29. The van der Waals surface area contributed by atoms with E-state index in [0.717, 1.165) is 0 Å². The molecular weight excluding hydrogens is 292 g/mol. The van der Waals surface area contributed by atoms with Crippen molar-refractivity contribution in [2.75, 3.05) is 19.7 Å². The third-order valence-corrected chi connectivity index (χ3v) is 4.33. The second-order valence-corrected chi connectivity index (χ2v) is 7.12. The minimum atomic E-state index is -0.271. The number of carbonyl (C=O) groups is 2. The Morgan fingerprint density at radius 2 is 1.74 bits per heavy atom. The number of rotatable bonds is 4. The van der Waals surface area contributed by atoms with E-state index in [1.54, 1.807) is 4.90 Å². The molecule has 5 heteroatoms. The maximum atomic E-state index is 12.2. The number of ether oxygens (including phenoxy) is 1. The number of nitrogens with two attached hydrogens (primary N) is 1. The largest absolute Gasteiger partial charge is 0.484 e. The summed E-state index contributed by atoms with van der Waals surface area (Å²) >= 11 is 0. The highest BCUT2D eigenvalue weighted by atomic mass is 16.5. The van der Waals surface area contributed by atoms with Gasteiger partial charge in [-0.2, -0.15) is 0 Å². The van der Waals surface area contributed by atoms with Gasteiger partial charge < -0.3 is 15.4 Å². The van der Waals surface area contributed by atoms with Crippen LogP contribution in [0.5, 0.6) is 5.75 Å². The fourth-order valence-corrected chi connectivity index (χ4v) is 2.70. The lowest BCUT2D eigenvalue weighted by atomic mass is 9.87. The number of piperidine rings is 1. The maximum absolute atomic E-state index is 12.2. The summed E-state index contributed by atoms with van der Waals surface area (Å²) < 4.78 is 5.58. The zero-order valence-electron chi connectivity index (χ0n) is 14.2. The molecule has 1 saturated heterocycles. The van der Waals surface area contributed by atoms with Crippen LogP contribution in [0.3, 0.4) is 0 Å². The molecule has 1 aromatic carbocycles. The summed E-state index contributed by atoms with van der Waals surface area (Å²) in [6.07, 6.45) is 1.28. The van der Waals surface area contributed by atoms with Crippen LogP contribution < -0.4 is 10.5 Å². The first-order chi connectivity index (χ1) is 10.8. The molecule has 2 N–H and O–H groups in total. The van der Waals surface area contributed by atoms with Crippen LogP contribution in [0, 0.1) is 5.92 Å². The lowest BCUT2D eigenvalue weighted by molar-refractivity contribution is -0.136. The molecule has 1 heterocycles. The van der Waals surface area contributed by atoms with Crippen LogP contribution in [-0.4, -0.2) is 36.4 Å². The van der Waals surface area contributed by atoms with Crippen molar-refractivity contribution >= 4 is 11.8 Å². The average Bonchev–Trinajstić information content (AvgIpc) is 2.52. The molecule has 23 heavy (non-hydrogen) atoms. The van der Waals surface area contributed by atoms with Crippen LogP contribution >= 0.6 is 0 Å². The van der Waals surface area contributed by atoms with Gasteiger partial charge in [-0.25, -0.2) is 0 Å². The molecule has 0 bridgehead atoms. The van der Waals surface area contributed by atoms with Gasteiger partial charge in [0, 0.05) is 19.0 Å². The lowest BCUT2D eigenvalue weighted by Gasteiger charge is -2.30. The Labute approximate surface area is 137 Å². The standard InChI is InChI=1S/C18H26N2O3/c1-18(2,3)14-4-6-15(7-5-14)23-12-16(21)20-10-8-13(9-11-20)17(19)22/h4-7,13H,8-12H2,1-3H3,(H2,19,22). The molecule has 0 saturated carbocycles. The van der Waals surface area contributed by atoms with Crippen LogP contribution in [0.15, 0.2) is 24.3 Å². The Balaban J connectivity index is 1.82. The first-order valence-electron chi connectivity index (χ1n) is 8.08. The van der Waals surface area contributed by atoms with Gasteiger partial charge in [0.25, 0.3) is 5.91 Å². The zero-order chi connectivity index (χ0) is 17.0. The van der Waals surface area contributed by atoms with Gasteiger partial charge in [0.15, 0.2) is 6.61 Å². The SMILES string of the molecule is CC(C)(C)c1ccc(OCC(=O)N2CCC(C(N)=O)CC2)cc1. The van der Waals surface area contributed by atoms with Gasteiger partial charge in [0.1, 0.15) is 5.75 Å². The quantitative estimate of drug-likeness (QED) is 0.924. The summed E-state index contributed by atoms with van der Waals surface area (Å²) in [5, 5.41) is 0. The molecule has 126 valence electrons. The van der Waals surface area contributed by atoms with Crippen molar-refractivity contribution in [1.29, 1.82) is 0 Å². The molecular formula is C18H26N2O3. The van der Waals surface area contributed by atoms with Crippen LogP contribution in [-0.2, 0) is 15.0 Å². The molecule has 0 radical (unpaired) electrons. The number of carbonyl (C=O) groups excluding carboxylic acids is 2. The Hall–Kier alpha value is -2.04. The highest BCUT2D eigenvalue weighted by molar-refractivity contribution is 5.79. The topological polar surface area (TPSA) is 72.6 Å². The minimum absolute atomic E-state index is 0.0239. The number of hydrogen-bond acceptors (Lipinski definition) is 3. The van der Waals surface area contributed by atoms with E-state index >= 15 is 0 Å². The van der Waals surface area contributed by atoms with E-state index in [4.69, 9.17) is 10.5 Å². The van der Waals surface area contributed by atoms with Crippen LogP contribution in [0.25, 0.3) is 0 Å². The van der Waals surface area contributed by atoms with Crippen LogP contribution in [0.1, 0.15) is 39.2 Å². The molecule has 1 aliphatic rings. The maximum Gasteiger partial charge on any atom is 0.260 e. The van der Waals surface area contributed by atoms with E-state index < -0.39 is 0 Å². The molecule has 0 spiro atoms. The average molecular weight is 318 g/mol. The van der Waals surface area contributed by atoms with E-state index in [1.165, 1.54) is 5.56 Å². The summed E-state index contributed by atoms with van der Waals surface area (Å²) in [7, 11) is 0. The van der Waals surface area contributed by atoms with Gasteiger partial charge in [0.05, 0.1) is 0 Å². The lowest BCUT2D eigenvalue weighted by Crippen LogP contribution is -2.43. The normalized spacial score (nSPS) is 16.2. The molecule has 1 aromatic rings. The van der Waals surface area contributed by atoms with Crippen molar-refractivity contribution in [2.45, 2.75) is 39.0 Å². The number of hydrogen-bond donors (Lipinski definition) is 1. The Morgan fingerprint density at radius 1 is 1.17 bits per heavy atom. The summed E-state index contributed by atoms with van der Waals surface area (Å²) in [4.78, 5) is 25.0. The second kappa shape index (κ2) is 7.02. The van der Waals surface area contributed by atoms with Crippen molar-refractivity contribution in [1.82, 2.24) is 4.90 Å². The molecule has 2 amide bonds. The monoisotopic (exact) mass is 318 g/mol. The molecule has 1 aliphatic heterocycles. The first-order valence-corrected chi connectivity index (χ1v) is 8.08. The van der Waals surface area contributed by atoms with E-state index in [2.05, 4.69) is 20.8 Å². The number of primary amides is 1. The van der Waals surface area contributed by atoms with Gasteiger partial charge in [-0.3, -0.25) is 9.59 Å². The predicted molar refractivity (Wildman–Crippen MR) is 89.1 cm³/mol. The van der Waals surface area contributed by atoms with E-state index in [1.807, 2.05) is 24.3 Å². The summed E-state index contributed by atoms with van der Waals surface area (Å²) in [5.74, 6) is 0.267. The van der Waals surface area contributed by atoms with E-state index in [0.29, 0.717) is 31.7 Å². The Bertz CT molecular complexity index is 553. The molecule has 0 unspecified atom stereocenters. The molecule has 0 aliphatic carbocycles. The zero-order valence-corrected chi connectivity index (χ0v) is 14.2. The van der Waals surface area contributed by atoms with Crippen molar-refractivity contribution in [2.24, 2.45) is 11.7 Å². The van der Waals surface area contributed by atoms with Gasteiger partial charge in [-0.15, -0.1) is 0 Å². The van der Waals surface area contributed by atoms with E-state index in [-0.39, 0.29) is 29.8 Å². The Morgan fingerprint density at radius 3 is 2.22 bits per heavy atom. The smallest absolute Gasteiger partial charge is 0.260 e. The van der Waals surface area contributed by atoms with Gasteiger partial charge >= 0.3 is 0 Å². The van der Waals surface area contributed by atoms with Crippen molar-refractivity contribution in [3.05, 3.63) is 29.8 Å². The van der Waals surface area contributed by atoms with Gasteiger partial charge in [0.2, 0.25) is 5.91 Å². The number of likely N-dealkylation sites (tertiary alicyclic amines) is 1. The summed E-state index contributed by atoms with van der Waals surface area (Å²) in [5.41, 5.74) is 6.62. The molecule has 5 nitrogen and oxygen atoms in total. The summed E-state index contributed by atoms with van der Waals surface area (Å²) in [6, 6.07) is 7.84. The van der Waals surface area contributed by atoms with Gasteiger partial charge in [-0.1, -0.05) is 32.9 Å². The molecule has 1 fully saturated rings. The van der Waals surface area contributed by atoms with Crippen molar-refractivity contribution < 1.29 is 14.3 Å². The molecule has 0 atom stereocenters. The molecule has 0 aromatic heterocycles. The number of nitrogens with zero attached hydrogens (tertiary/aromatic N) is 1. The number of amides is 2. The minimum Gasteiger partial charge on any atom is -0.484 e. The van der Waals surface area contributed by atoms with Gasteiger partial charge in [-0.05, 0) is 36.0 Å². The fourth-order valence-electron chi connectivity index (χ4n) is 2.70. The molecule has 2 rings (SSSR count). The first kappa shape index (κ1) is 17.3. The van der Waals surface area contributed by atoms with Crippen LogP contribution in [0.2, 0.25) is 0 Å². The fraction of sp³-hybridized carbons (Fsp3) is 0.556. The second-order valence-electron chi connectivity index (χ2n) is 7.12. The third-order valence-electron chi connectivity index (χ3n) is 4.33. The van der Waals surface area contributed by atoms with Crippen LogP contribution in [0.4, 0.5) is 0 Å². The van der Waals surface area contributed by atoms with Crippen molar-refractivity contribution in [3.8, 4) is 5.75 Å². The summed E-state index contributed by atoms with van der Waals surface area (Å²) in [6.45, 7) is 7.62. The van der Waals surface area contributed by atoms with E-state index in [9.17, 15) is 9.59 Å². The predicted octanol–water partition coefficient (Wildman–Crippen LogP) is 2.09. The third kappa shape index (κ3) is 4.71.